The SMILES string of the molecule is CCC=CC(=O)Oc1ccc(-c2ncc(CC)s2)cc1. The molecule has 0 N–H and O–H groups in total. The molecule has 1 aromatic carbocycles. The highest BCUT2D eigenvalue weighted by Crippen LogP contribution is 2.27. The topological polar surface area (TPSA) is 39.2 Å². The second-order valence-corrected chi connectivity index (χ2v) is 5.36. The van der Waals surface area contributed by atoms with E-state index in [2.05, 4.69) is 11.9 Å². The number of nitrogens with zero attached hydrogens (tertiary/aromatic N) is 1. The number of allylic oxidation sites excluding steroid dienone is 1. The van der Waals surface area contributed by atoms with Crippen LogP contribution in [0.5, 0.6) is 5.75 Å². The highest BCUT2D eigenvalue weighted by Gasteiger charge is 2.05. The Bertz CT molecular complexity index is 599. The van der Waals surface area contributed by atoms with Crippen LogP contribution in [0.25, 0.3) is 10.6 Å². The predicted octanol–water partition coefficient (Wildman–Crippen LogP) is 4.24. The summed E-state index contributed by atoms with van der Waals surface area (Å²) in [5.41, 5.74) is 1.04. The first-order valence-electron chi connectivity index (χ1n) is 6.66. The Hall–Kier alpha value is -1.94. The average molecular weight is 287 g/mol. The van der Waals surface area contributed by atoms with E-state index in [-0.39, 0.29) is 5.97 Å². The third kappa shape index (κ3) is 3.78. The zero-order chi connectivity index (χ0) is 14.4. The van der Waals surface area contributed by atoms with E-state index < -0.39 is 0 Å². The Kier molecular flexibility index (Phi) is 5.07. The van der Waals surface area contributed by atoms with E-state index in [9.17, 15) is 4.79 Å². The van der Waals surface area contributed by atoms with Crippen LogP contribution in [0.15, 0.2) is 42.6 Å². The van der Waals surface area contributed by atoms with Gasteiger partial charge in [-0.3, -0.25) is 0 Å². The molecule has 0 saturated carbocycles. The van der Waals surface area contributed by atoms with Gasteiger partial charge >= 0.3 is 5.97 Å². The zero-order valence-electron chi connectivity index (χ0n) is 11.6. The average Bonchev–Trinajstić information content (AvgIpc) is 2.95. The summed E-state index contributed by atoms with van der Waals surface area (Å²) in [7, 11) is 0. The maximum Gasteiger partial charge on any atom is 0.335 e. The fourth-order valence-electron chi connectivity index (χ4n) is 1.63. The summed E-state index contributed by atoms with van der Waals surface area (Å²) in [6, 6.07) is 7.43. The fraction of sp³-hybridized carbons (Fsp3) is 0.250. The van der Waals surface area contributed by atoms with Gasteiger partial charge in [0.15, 0.2) is 0 Å². The molecule has 0 aliphatic carbocycles. The number of carbonyl (C=O) groups is 1. The largest absolute Gasteiger partial charge is 0.423 e. The molecule has 0 unspecified atom stereocenters. The first-order valence-corrected chi connectivity index (χ1v) is 7.48. The van der Waals surface area contributed by atoms with E-state index in [0.29, 0.717) is 5.75 Å². The fourth-order valence-corrected chi connectivity index (χ4v) is 2.49. The summed E-state index contributed by atoms with van der Waals surface area (Å²) in [5, 5.41) is 0.991. The van der Waals surface area contributed by atoms with E-state index in [1.807, 2.05) is 25.3 Å². The van der Waals surface area contributed by atoms with E-state index in [1.54, 1.807) is 29.5 Å². The van der Waals surface area contributed by atoms with Gasteiger partial charge in [-0.05, 0) is 37.1 Å². The van der Waals surface area contributed by atoms with Crippen LogP contribution < -0.4 is 4.74 Å². The molecule has 104 valence electrons. The molecule has 0 bridgehead atoms. The Labute approximate surface area is 122 Å². The zero-order valence-corrected chi connectivity index (χ0v) is 12.4. The van der Waals surface area contributed by atoms with Crippen molar-refractivity contribution < 1.29 is 9.53 Å². The number of hydrogen-bond acceptors (Lipinski definition) is 4. The molecule has 0 aliphatic heterocycles. The number of esters is 1. The van der Waals surface area contributed by atoms with Gasteiger partial charge in [0, 0.05) is 22.7 Å². The van der Waals surface area contributed by atoms with Gasteiger partial charge in [0.25, 0.3) is 0 Å². The number of benzene rings is 1. The molecule has 1 aromatic heterocycles. The number of aryl methyl sites for hydroxylation is 1. The predicted molar refractivity (Wildman–Crippen MR) is 82.0 cm³/mol. The Balaban J connectivity index is 2.06. The van der Waals surface area contributed by atoms with Crippen molar-refractivity contribution in [1.29, 1.82) is 0 Å². The normalized spacial score (nSPS) is 10.9. The lowest BCUT2D eigenvalue weighted by Gasteiger charge is -2.02. The van der Waals surface area contributed by atoms with Crippen molar-refractivity contribution in [2.24, 2.45) is 0 Å². The summed E-state index contributed by atoms with van der Waals surface area (Å²) >= 11 is 1.69. The van der Waals surface area contributed by atoms with Crippen LogP contribution >= 0.6 is 11.3 Å². The van der Waals surface area contributed by atoms with Crippen LogP contribution in [-0.2, 0) is 11.2 Å². The van der Waals surface area contributed by atoms with Gasteiger partial charge in [-0.2, -0.15) is 0 Å². The molecule has 0 saturated heterocycles. The molecule has 0 aliphatic rings. The smallest absolute Gasteiger partial charge is 0.335 e. The van der Waals surface area contributed by atoms with Gasteiger partial charge < -0.3 is 4.74 Å². The summed E-state index contributed by atoms with van der Waals surface area (Å²) in [6.07, 6.45) is 6.94. The van der Waals surface area contributed by atoms with Gasteiger partial charge in [-0.15, -0.1) is 11.3 Å². The summed E-state index contributed by atoms with van der Waals surface area (Å²) in [5.74, 6) is 0.203. The van der Waals surface area contributed by atoms with E-state index in [0.717, 1.165) is 23.4 Å². The summed E-state index contributed by atoms with van der Waals surface area (Å²) in [4.78, 5) is 17.1. The molecule has 20 heavy (non-hydrogen) atoms. The maximum absolute atomic E-state index is 11.4. The van der Waals surface area contributed by atoms with E-state index in [4.69, 9.17) is 4.74 Å². The Morgan fingerprint density at radius 1 is 1.30 bits per heavy atom. The van der Waals surface area contributed by atoms with Gasteiger partial charge in [0.1, 0.15) is 10.8 Å². The maximum atomic E-state index is 11.4. The highest BCUT2D eigenvalue weighted by molar-refractivity contribution is 7.15. The van der Waals surface area contributed by atoms with Crippen molar-refractivity contribution in [3.63, 3.8) is 0 Å². The van der Waals surface area contributed by atoms with Crippen LogP contribution in [0, 0.1) is 0 Å². The van der Waals surface area contributed by atoms with Gasteiger partial charge in [-0.25, -0.2) is 9.78 Å². The first kappa shape index (κ1) is 14.5. The van der Waals surface area contributed by atoms with Gasteiger partial charge in [-0.1, -0.05) is 19.9 Å². The molecular weight excluding hydrogens is 270 g/mol. The van der Waals surface area contributed by atoms with Crippen molar-refractivity contribution in [3.8, 4) is 16.3 Å². The lowest BCUT2D eigenvalue weighted by molar-refractivity contribution is -0.129. The molecule has 2 rings (SSSR count). The summed E-state index contributed by atoms with van der Waals surface area (Å²) < 4.78 is 5.19. The minimum atomic E-state index is -0.345. The second-order valence-electron chi connectivity index (χ2n) is 4.24. The molecule has 0 amide bonds. The molecular formula is C16H17NO2S. The molecule has 4 heteroatoms. The molecule has 0 radical (unpaired) electrons. The van der Waals surface area contributed by atoms with Crippen LogP contribution in [0.2, 0.25) is 0 Å². The summed E-state index contributed by atoms with van der Waals surface area (Å²) in [6.45, 7) is 4.08. The molecule has 2 aromatic rings. The monoisotopic (exact) mass is 287 g/mol. The van der Waals surface area contributed by atoms with Crippen LogP contribution in [0.3, 0.4) is 0 Å². The molecule has 3 nitrogen and oxygen atoms in total. The quantitative estimate of drug-likeness (QED) is 0.469. The lowest BCUT2D eigenvalue weighted by Crippen LogP contribution is -2.03. The number of carbonyl (C=O) groups excluding carboxylic acids is 1. The Morgan fingerprint density at radius 3 is 2.65 bits per heavy atom. The second kappa shape index (κ2) is 7.01. The van der Waals surface area contributed by atoms with Crippen LogP contribution in [0.1, 0.15) is 25.1 Å². The first-order chi connectivity index (χ1) is 9.72. The standard InChI is InChI=1S/C16H17NO2S/c1-3-5-6-15(18)19-13-9-7-12(8-10-13)16-17-11-14(4-2)20-16/h5-11H,3-4H2,1-2H3. The Morgan fingerprint density at radius 2 is 2.05 bits per heavy atom. The minimum Gasteiger partial charge on any atom is -0.423 e. The third-order valence-electron chi connectivity index (χ3n) is 2.71. The minimum absolute atomic E-state index is 0.345. The van der Waals surface area contributed by atoms with Crippen molar-refractivity contribution in [2.75, 3.05) is 0 Å². The number of thiazole rings is 1. The highest BCUT2D eigenvalue weighted by atomic mass is 32.1. The van der Waals surface area contributed by atoms with Gasteiger partial charge in [0.05, 0.1) is 0 Å². The molecule has 0 spiro atoms. The van der Waals surface area contributed by atoms with Crippen molar-refractivity contribution in [2.45, 2.75) is 26.7 Å². The third-order valence-corrected chi connectivity index (χ3v) is 3.90. The number of hydrogen-bond donors (Lipinski definition) is 0. The van der Waals surface area contributed by atoms with E-state index in [1.165, 1.54) is 11.0 Å². The molecule has 0 atom stereocenters. The number of ether oxygens (including phenoxy) is 1. The number of rotatable bonds is 5. The van der Waals surface area contributed by atoms with E-state index >= 15 is 0 Å². The van der Waals surface area contributed by atoms with Crippen molar-refractivity contribution in [3.05, 3.63) is 47.5 Å². The lowest BCUT2D eigenvalue weighted by atomic mass is 10.2. The van der Waals surface area contributed by atoms with Gasteiger partial charge in [0.2, 0.25) is 0 Å². The van der Waals surface area contributed by atoms with Crippen LogP contribution in [0.4, 0.5) is 0 Å². The number of aromatic nitrogens is 1. The molecule has 0 fully saturated rings. The molecule has 1 heterocycles. The van der Waals surface area contributed by atoms with Crippen LogP contribution in [-0.4, -0.2) is 11.0 Å². The van der Waals surface area contributed by atoms with Crippen molar-refractivity contribution in [1.82, 2.24) is 4.98 Å². The van der Waals surface area contributed by atoms with Crippen molar-refractivity contribution >= 4 is 17.3 Å².